The molecular formula is C15H19N5O2S. The van der Waals surface area contributed by atoms with Crippen molar-refractivity contribution in [2.45, 2.75) is 32.1 Å². The molecule has 0 bridgehead atoms. The van der Waals surface area contributed by atoms with Gasteiger partial charge in [-0.2, -0.15) is 4.98 Å². The zero-order chi connectivity index (χ0) is 15.8. The van der Waals surface area contributed by atoms with Crippen molar-refractivity contribution < 1.29 is 9.32 Å². The van der Waals surface area contributed by atoms with Gasteiger partial charge < -0.3 is 14.3 Å². The summed E-state index contributed by atoms with van der Waals surface area (Å²) in [5.41, 5.74) is 1.08. The summed E-state index contributed by atoms with van der Waals surface area (Å²) < 4.78 is 5.07. The maximum absolute atomic E-state index is 12.7. The van der Waals surface area contributed by atoms with Gasteiger partial charge in [-0.3, -0.25) is 9.79 Å². The SMILES string of the molecule is Cc1nc([C@H]2CCCN(C(=O)CC3=CSC4=NCCN34)C2)no1. The number of aromatic nitrogens is 2. The molecule has 0 saturated carbocycles. The number of piperidine rings is 1. The number of carbonyl (C=O) groups excluding carboxylic acids is 1. The summed E-state index contributed by atoms with van der Waals surface area (Å²) in [6.45, 7) is 5.01. The van der Waals surface area contributed by atoms with E-state index in [1.807, 2.05) is 4.90 Å². The minimum atomic E-state index is 0.176. The lowest BCUT2D eigenvalue weighted by Crippen LogP contribution is -2.40. The molecule has 1 saturated heterocycles. The van der Waals surface area contributed by atoms with Crippen LogP contribution in [0.1, 0.15) is 36.9 Å². The fraction of sp³-hybridized carbons (Fsp3) is 0.600. The summed E-state index contributed by atoms with van der Waals surface area (Å²) in [6, 6.07) is 0. The van der Waals surface area contributed by atoms with Gasteiger partial charge in [0.05, 0.1) is 13.0 Å². The van der Waals surface area contributed by atoms with Gasteiger partial charge in [-0.25, -0.2) is 0 Å². The number of thioether (sulfide) groups is 1. The smallest absolute Gasteiger partial charge is 0.228 e. The van der Waals surface area contributed by atoms with Crippen molar-refractivity contribution in [1.29, 1.82) is 0 Å². The third-order valence-electron chi connectivity index (χ3n) is 4.46. The summed E-state index contributed by atoms with van der Waals surface area (Å²) >= 11 is 1.62. The lowest BCUT2D eigenvalue weighted by Gasteiger charge is -2.32. The fourth-order valence-electron chi connectivity index (χ4n) is 3.28. The van der Waals surface area contributed by atoms with Crippen LogP contribution in [0.25, 0.3) is 0 Å². The molecular weight excluding hydrogens is 314 g/mol. The Morgan fingerprint density at radius 3 is 3.22 bits per heavy atom. The van der Waals surface area contributed by atoms with Gasteiger partial charge in [0.15, 0.2) is 11.0 Å². The van der Waals surface area contributed by atoms with Gasteiger partial charge in [0.25, 0.3) is 0 Å². The molecule has 0 N–H and O–H groups in total. The molecule has 122 valence electrons. The second kappa shape index (κ2) is 5.99. The van der Waals surface area contributed by atoms with Crippen molar-refractivity contribution in [1.82, 2.24) is 19.9 Å². The minimum Gasteiger partial charge on any atom is -0.342 e. The lowest BCUT2D eigenvalue weighted by atomic mass is 9.97. The molecule has 8 heteroatoms. The Morgan fingerprint density at radius 2 is 2.39 bits per heavy atom. The monoisotopic (exact) mass is 333 g/mol. The number of amides is 1. The normalized spacial score (nSPS) is 23.8. The molecule has 1 atom stereocenters. The third kappa shape index (κ3) is 2.87. The van der Waals surface area contributed by atoms with Crippen LogP contribution in [-0.2, 0) is 4.79 Å². The average Bonchev–Trinajstić information content (AvgIpc) is 3.26. The van der Waals surface area contributed by atoms with E-state index in [1.54, 1.807) is 18.7 Å². The highest BCUT2D eigenvalue weighted by atomic mass is 32.2. The van der Waals surface area contributed by atoms with Gasteiger partial charge in [0, 0.05) is 38.2 Å². The number of carbonyl (C=O) groups is 1. The van der Waals surface area contributed by atoms with E-state index in [0.29, 0.717) is 18.9 Å². The number of likely N-dealkylation sites (tertiary alicyclic amines) is 1. The fourth-order valence-corrected chi connectivity index (χ4v) is 4.23. The van der Waals surface area contributed by atoms with Gasteiger partial charge in [-0.1, -0.05) is 16.9 Å². The molecule has 0 unspecified atom stereocenters. The zero-order valence-electron chi connectivity index (χ0n) is 13.1. The molecule has 23 heavy (non-hydrogen) atoms. The van der Waals surface area contributed by atoms with Crippen molar-refractivity contribution in [3.8, 4) is 0 Å². The quantitative estimate of drug-likeness (QED) is 0.839. The summed E-state index contributed by atoms with van der Waals surface area (Å²) in [7, 11) is 0. The van der Waals surface area contributed by atoms with Crippen LogP contribution in [0, 0.1) is 6.92 Å². The summed E-state index contributed by atoms with van der Waals surface area (Å²) in [5, 5.41) is 7.11. The number of fused-ring (bicyclic) bond motifs is 1. The molecule has 1 amide bonds. The van der Waals surface area contributed by atoms with E-state index in [1.165, 1.54) is 0 Å². The largest absolute Gasteiger partial charge is 0.342 e. The number of aliphatic imine (C=N–C) groups is 1. The first kappa shape index (κ1) is 14.7. The zero-order valence-corrected chi connectivity index (χ0v) is 13.9. The first-order valence-electron chi connectivity index (χ1n) is 7.96. The van der Waals surface area contributed by atoms with Gasteiger partial charge in [0.2, 0.25) is 11.8 Å². The predicted molar refractivity (Wildman–Crippen MR) is 86.9 cm³/mol. The maximum Gasteiger partial charge on any atom is 0.228 e. The molecule has 1 aromatic heterocycles. The van der Waals surface area contributed by atoms with Crippen LogP contribution >= 0.6 is 11.8 Å². The number of hydrogen-bond acceptors (Lipinski definition) is 7. The molecule has 4 heterocycles. The number of amidine groups is 1. The predicted octanol–water partition coefficient (Wildman–Crippen LogP) is 1.73. The van der Waals surface area contributed by atoms with E-state index in [2.05, 4.69) is 25.4 Å². The summed E-state index contributed by atoms with van der Waals surface area (Å²) in [5.74, 6) is 1.66. The van der Waals surface area contributed by atoms with Crippen LogP contribution in [0.2, 0.25) is 0 Å². The molecule has 1 fully saturated rings. The second-order valence-electron chi connectivity index (χ2n) is 6.07. The Balaban J connectivity index is 1.39. The topological polar surface area (TPSA) is 74.8 Å². The van der Waals surface area contributed by atoms with E-state index < -0.39 is 0 Å². The minimum absolute atomic E-state index is 0.176. The highest BCUT2D eigenvalue weighted by Gasteiger charge is 2.31. The van der Waals surface area contributed by atoms with Crippen molar-refractivity contribution in [3.63, 3.8) is 0 Å². The molecule has 3 aliphatic heterocycles. The Labute approximate surface area is 138 Å². The third-order valence-corrected chi connectivity index (χ3v) is 5.41. The number of rotatable bonds is 3. The lowest BCUT2D eigenvalue weighted by molar-refractivity contribution is -0.131. The highest BCUT2D eigenvalue weighted by molar-refractivity contribution is 8.16. The second-order valence-corrected chi connectivity index (χ2v) is 6.91. The molecule has 0 spiro atoms. The molecule has 3 aliphatic rings. The van der Waals surface area contributed by atoms with Crippen LogP contribution in [0.15, 0.2) is 20.6 Å². The number of nitrogens with zero attached hydrogens (tertiary/aromatic N) is 5. The van der Waals surface area contributed by atoms with Crippen molar-refractivity contribution in [2.75, 3.05) is 26.2 Å². The number of hydrogen-bond donors (Lipinski definition) is 0. The highest BCUT2D eigenvalue weighted by Crippen LogP contribution is 2.32. The van der Waals surface area contributed by atoms with Gasteiger partial charge >= 0.3 is 0 Å². The molecule has 0 radical (unpaired) electrons. The average molecular weight is 333 g/mol. The van der Waals surface area contributed by atoms with Crippen molar-refractivity contribution >= 4 is 22.8 Å². The summed E-state index contributed by atoms with van der Waals surface area (Å²) in [6.07, 6.45) is 2.43. The first-order chi connectivity index (χ1) is 11.2. The molecule has 0 aliphatic carbocycles. The Kier molecular flexibility index (Phi) is 3.84. The van der Waals surface area contributed by atoms with E-state index in [4.69, 9.17) is 4.52 Å². The standard InChI is InChI=1S/C15H19N5O2S/c1-10-17-14(18-22-10)11-3-2-5-19(8-11)13(21)7-12-9-23-15-16-4-6-20(12)15/h9,11H,2-8H2,1H3/t11-/m0/s1. The van der Waals surface area contributed by atoms with Crippen LogP contribution in [0.3, 0.4) is 0 Å². The van der Waals surface area contributed by atoms with E-state index in [0.717, 1.165) is 49.2 Å². The van der Waals surface area contributed by atoms with E-state index in [9.17, 15) is 4.79 Å². The molecule has 7 nitrogen and oxygen atoms in total. The summed E-state index contributed by atoms with van der Waals surface area (Å²) in [4.78, 5) is 25.5. The molecule has 4 rings (SSSR count). The Hall–Kier alpha value is -1.83. The molecule has 1 aromatic rings. The van der Waals surface area contributed by atoms with Gasteiger partial charge in [0.1, 0.15) is 0 Å². The molecule has 0 aromatic carbocycles. The first-order valence-corrected chi connectivity index (χ1v) is 8.84. The Morgan fingerprint density at radius 1 is 1.48 bits per heavy atom. The maximum atomic E-state index is 12.7. The van der Waals surface area contributed by atoms with Crippen LogP contribution < -0.4 is 0 Å². The van der Waals surface area contributed by atoms with E-state index >= 15 is 0 Å². The van der Waals surface area contributed by atoms with Crippen LogP contribution in [0.4, 0.5) is 0 Å². The van der Waals surface area contributed by atoms with Gasteiger partial charge in [-0.05, 0) is 18.2 Å². The van der Waals surface area contributed by atoms with E-state index in [-0.39, 0.29) is 11.8 Å². The van der Waals surface area contributed by atoms with Gasteiger partial charge in [-0.15, -0.1) is 0 Å². The van der Waals surface area contributed by atoms with Crippen molar-refractivity contribution in [3.05, 3.63) is 22.8 Å². The number of aryl methyl sites for hydroxylation is 1. The van der Waals surface area contributed by atoms with Crippen molar-refractivity contribution in [2.24, 2.45) is 4.99 Å². The van der Waals surface area contributed by atoms with Crippen LogP contribution in [0.5, 0.6) is 0 Å². The van der Waals surface area contributed by atoms with Crippen LogP contribution in [-0.4, -0.2) is 57.2 Å². The Bertz CT molecular complexity index is 683.